The largest absolute Gasteiger partial charge is 0.383 e. The summed E-state index contributed by atoms with van der Waals surface area (Å²) in [5.74, 6) is 0.551. The zero-order valence-electron chi connectivity index (χ0n) is 11.8. The molecule has 0 amide bonds. The highest BCUT2D eigenvalue weighted by Gasteiger charge is 2.21. The summed E-state index contributed by atoms with van der Waals surface area (Å²) >= 11 is 0. The number of methoxy groups -OCH3 is 1. The van der Waals surface area contributed by atoms with Gasteiger partial charge in [0.05, 0.1) is 12.3 Å². The zero-order valence-corrected chi connectivity index (χ0v) is 11.8. The third kappa shape index (κ3) is 3.91. The van der Waals surface area contributed by atoms with Gasteiger partial charge in [0, 0.05) is 33.3 Å². The van der Waals surface area contributed by atoms with Crippen molar-refractivity contribution in [1.29, 1.82) is 0 Å². The molecule has 0 saturated carbocycles. The maximum absolute atomic E-state index is 14.1. The van der Waals surface area contributed by atoms with E-state index in [2.05, 4.69) is 17.1 Å². The van der Waals surface area contributed by atoms with Crippen LogP contribution in [0.2, 0.25) is 0 Å². The minimum atomic E-state index is -0.111. The van der Waals surface area contributed by atoms with Crippen LogP contribution in [0.15, 0.2) is 18.2 Å². The van der Waals surface area contributed by atoms with Crippen LogP contribution in [0, 0.1) is 11.7 Å². The van der Waals surface area contributed by atoms with Crippen LogP contribution < -0.4 is 10.2 Å². The SMILES string of the molecule is COCCNCc1ccc(N2CCC(C)C2)c(F)c1. The number of hydrogen-bond acceptors (Lipinski definition) is 3. The topological polar surface area (TPSA) is 24.5 Å². The van der Waals surface area contributed by atoms with Crippen molar-refractivity contribution in [3.8, 4) is 0 Å². The Hall–Kier alpha value is -1.13. The van der Waals surface area contributed by atoms with Gasteiger partial charge < -0.3 is 15.0 Å². The van der Waals surface area contributed by atoms with Crippen molar-refractivity contribution < 1.29 is 9.13 Å². The fourth-order valence-electron chi connectivity index (χ4n) is 2.48. The molecule has 1 aliphatic rings. The summed E-state index contributed by atoms with van der Waals surface area (Å²) in [4.78, 5) is 2.14. The number of nitrogens with one attached hydrogen (secondary N) is 1. The number of hydrogen-bond donors (Lipinski definition) is 1. The van der Waals surface area contributed by atoms with E-state index in [1.807, 2.05) is 12.1 Å². The maximum atomic E-state index is 14.1. The molecule has 1 aliphatic heterocycles. The number of anilines is 1. The Balaban J connectivity index is 1.93. The Labute approximate surface area is 114 Å². The van der Waals surface area contributed by atoms with E-state index in [1.165, 1.54) is 0 Å². The van der Waals surface area contributed by atoms with Crippen molar-refractivity contribution in [2.24, 2.45) is 5.92 Å². The number of rotatable bonds is 6. The molecule has 0 aromatic heterocycles. The Kier molecular flexibility index (Phi) is 5.16. The highest BCUT2D eigenvalue weighted by molar-refractivity contribution is 5.50. The normalized spacial score (nSPS) is 19.1. The smallest absolute Gasteiger partial charge is 0.146 e. The van der Waals surface area contributed by atoms with Gasteiger partial charge in [-0.15, -0.1) is 0 Å². The van der Waals surface area contributed by atoms with Gasteiger partial charge in [-0.1, -0.05) is 13.0 Å². The maximum Gasteiger partial charge on any atom is 0.146 e. The molecule has 19 heavy (non-hydrogen) atoms. The molecule has 1 aromatic rings. The predicted molar refractivity (Wildman–Crippen MR) is 76.0 cm³/mol. The second kappa shape index (κ2) is 6.87. The minimum absolute atomic E-state index is 0.111. The highest BCUT2D eigenvalue weighted by atomic mass is 19.1. The summed E-state index contributed by atoms with van der Waals surface area (Å²) in [5.41, 5.74) is 1.72. The van der Waals surface area contributed by atoms with Crippen LogP contribution in [0.4, 0.5) is 10.1 Å². The number of ether oxygens (including phenoxy) is 1. The molecule has 0 radical (unpaired) electrons. The van der Waals surface area contributed by atoms with E-state index in [9.17, 15) is 4.39 Å². The second-order valence-electron chi connectivity index (χ2n) is 5.30. The number of benzene rings is 1. The highest BCUT2D eigenvalue weighted by Crippen LogP contribution is 2.26. The lowest BCUT2D eigenvalue weighted by molar-refractivity contribution is 0.199. The molecule has 1 N–H and O–H groups in total. The summed E-state index contributed by atoms with van der Waals surface area (Å²) in [7, 11) is 1.67. The first kappa shape index (κ1) is 14.3. The molecular weight excluding hydrogens is 243 g/mol. The van der Waals surface area contributed by atoms with Crippen LogP contribution in [0.3, 0.4) is 0 Å². The van der Waals surface area contributed by atoms with Gasteiger partial charge in [-0.2, -0.15) is 0 Å². The molecular formula is C15H23FN2O. The molecule has 106 valence electrons. The Morgan fingerprint density at radius 2 is 2.32 bits per heavy atom. The van der Waals surface area contributed by atoms with Gasteiger partial charge in [-0.25, -0.2) is 4.39 Å². The third-order valence-corrected chi connectivity index (χ3v) is 3.59. The molecule has 1 aromatic carbocycles. The fourth-order valence-corrected chi connectivity index (χ4v) is 2.48. The zero-order chi connectivity index (χ0) is 13.7. The molecule has 0 aliphatic carbocycles. The van der Waals surface area contributed by atoms with E-state index >= 15 is 0 Å². The van der Waals surface area contributed by atoms with Crippen molar-refractivity contribution in [3.05, 3.63) is 29.6 Å². The standard InChI is InChI=1S/C15H23FN2O/c1-12-5-7-18(11-12)15-4-3-13(9-14(15)16)10-17-6-8-19-2/h3-4,9,12,17H,5-8,10-11H2,1-2H3. The van der Waals surface area contributed by atoms with Gasteiger partial charge in [-0.3, -0.25) is 0 Å². The number of halogens is 1. The molecule has 1 saturated heterocycles. The van der Waals surface area contributed by atoms with Gasteiger partial charge in [-0.05, 0) is 30.0 Å². The predicted octanol–water partition coefficient (Wildman–Crippen LogP) is 2.41. The monoisotopic (exact) mass is 266 g/mol. The lowest BCUT2D eigenvalue weighted by atomic mass is 10.1. The van der Waals surface area contributed by atoms with Gasteiger partial charge in [0.2, 0.25) is 0 Å². The molecule has 4 heteroatoms. The van der Waals surface area contributed by atoms with E-state index in [-0.39, 0.29) is 5.82 Å². The van der Waals surface area contributed by atoms with E-state index in [0.717, 1.165) is 37.3 Å². The van der Waals surface area contributed by atoms with E-state index in [0.29, 0.717) is 19.1 Å². The van der Waals surface area contributed by atoms with Crippen LogP contribution in [-0.4, -0.2) is 33.4 Å². The number of nitrogens with zero attached hydrogens (tertiary/aromatic N) is 1. The molecule has 1 unspecified atom stereocenters. The molecule has 0 spiro atoms. The first-order valence-corrected chi connectivity index (χ1v) is 6.93. The quantitative estimate of drug-likeness (QED) is 0.800. The van der Waals surface area contributed by atoms with E-state index < -0.39 is 0 Å². The van der Waals surface area contributed by atoms with Crippen LogP contribution in [0.25, 0.3) is 0 Å². The van der Waals surface area contributed by atoms with Crippen molar-refractivity contribution in [3.63, 3.8) is 0 Å². The average molecular weight is 266 g/mol. The van der Waals surface area contributed by atoms with Crippen molar-refractivity contribution in [2.45, 2.75) is 19.9 Å². The van der Waals surface area contributed by atoms with Gasteiger partial charge >= 0.3 is 0 Å². The average Bonchev–Trinajstić information content (AvgIpc) is 2.81. The van der Waals surface area contributed by atoms with E-state index in [1.54, 1.807) is 13.2 Å². The van der Waals surface area contributed by atoms with Crippen LogP contribution in [0.1, 0.15) is 18.9 Å². The second-order valence-corrected chi connectivity index (χ2v) is 5.30. The Morgan fingerprint density at radius 3 is 2.95 bits per heavy atom. The molecule has 1 fully saturated rings. The molecule has 0 bridgehead atoms. The van der Waals surface area contributed by atoms with Gasteiger partial charge in [0.15, 0.2) is 0 Å². The Bertz CT molecular complexity index is 411. The summed E-state index contributed by atoms with van der Waals surface area (Å²) in [5, 5.41) is 3.22. The van der Waals surface area contributed by atoms with E-state index in [4.69, 9.17) is 4.74 Å². The van der Waals surface area contributed by atoms with Crippen LogP contribution in [-0.2, 0) is 11.3 Å². The first-order valence-electron chi connectivity index (χ1n) is 6.93. The van der Waals surface area contributed by atoms with Crippen molar-refractivity contribution in [1.82, 2.24) is 5.32 Å². The third-order valence-electron chi connectivity index (χ3n) is 3.59. The molecule has 3 nitrogen and oxygen atoms in total. The minimum Gasteiger partial charge on any atom is -0.383 e. The lowest BCUT2D eigenvalue weighted by Gasteiger charge is -2.19. The lowest BCUT2D eigenvalue weighted by Crippen LogP contribution is -2.21. The summed E-state index contributed by atoms with van der Waals surface area (Å²) in [6, 6.07) is 5.54. The summed E-state index contributed by atoms with van der Waals surface area (Å²) in [6.45, 7) is 6.27. The van der Waals surface area contributed by atoms with Gasteiger partial charge in [0.1, 0.15) is 5.82 Å². The first-order chi connectivity index (χ1) is 9.20. The van der Waals surface area contributed by atoms with Crippen molar-refractivity contribution >= 4 is 5.69 Å². The van der Waals surface area contributed by atoms with Crippen LogP contribution >= 0.6 is 0 Å². The molecule has 1 heterocycles. The molecule has 2 rings (SSSR count). The summed E-state index contributed by atoms with van der Waals surface area (Å²) in [6.07, 6.45) is 1.15. The van der Waals surface area contributed by atoms with Gasteiger partial charge in [0.25, 0.3) is 0 Å². The van der Waals surface area contributed by atoms with Crippen molar-refractivity contribution in [2.75, 3.05) is 38.3 Å². The fraction of sp³-hybridized carbons (Fsp3) is 0.600. The summed E-state index contributed by atoms with van der Waals surface area (Å²) < 4.78 is 19.1. The molecule has 1 atom stereocenters. The van der Waals surface area contributed by atoms with Crippen LogP contribution in [0.5, 0.6) is 0 Å². The Morgan fingerprint density at radius 1 is 1.47 bits per heavy atom.